The van der Waals surface area contributed by atoms with Crippen molar-refractivity contribution < 1.29 is 14.3 Å². The quantitative estimate of drug-likeness (QED) is 0.758. The number of aromatic nitrogens is 2. The fourth-order valence-electron chi connectivity index (χ4n) is 2.34. The minimum Gasteiger partial charge on any atom is -0.504 e. The summed E-state index contributed by atoms with van der Waals surface area (Å²) in [6, 6.07) is 15.4. The normalized spacial score (nSPS) is 10.5. The van der Waals surface area contributed by atoms with Crippen molar-refractivity contribution in [2.75, 3.05) is 6.54 Å². The summed E-state index contributed by atoms with van der Waals surface area (Å²) in [6.07, 6.45) is 1.88. The van der Waals surface area contributed by atoms with Gasteiger partial charge in [0.1, 0.15) is 5.82 Å². The van der Waals surface area contributed by atoms with Crippen LogP contribution in [0.25, 0.3) is 5.69 Å². The molecule has 1 heterocycles. The van der Waals surface area contributed by atoms with Crippen molar-refractivity contribution in [3.05, 3.63) is 77.9 Å². The number of carbonyl (C=O) groups is 1. The predicted octanol–water partition coefficient (Wildman–Crippen LogP) is 2.69. The number of carbonyl (C=O) groups excluding carboxylic acids is 1. The number of hydrogen-bond donors (Lipinski definition) is 2. The Balaban J connectivity index is 1.64. The maximum Gasteiger partial charge on any atom is 0.275 e. The number of hydrogen-bond acceptors (Lipinski definition) is 3. The van der Waals surface area contributed by atoms with Crippen LogP contribution in [0.5, 0.6) is 5.75 Å². The van der Waals surface area contributed by atoms with Crippen LogP contribution in [0, 0.1) is 5.82 Å². The molecule has 1 aromatic heterocycles. The SMILES string of the molecule is O=C(NCCc1cccc(F)c1)c1nn(-c2ccccc2)cc1O. The molecular formula is C18H16FN3O2. The highest BCUT2D eigenvalue weighted by Gasteiger charge is 2.16. The van der Waals surface area contributed by atoms with Gasteiger partial charge < -0.3 is 10.4 Å². The zero-order valence-corrected chi connectivity index (χ0v) is 12.8. The Hall–Kier alpha value is -3.15. The summed E-state index contributed by atoms with van der Waals surface area (Å²) in [6.45, 7) is 0.319. The molecule has 1 amide bonds. The van der Waals surface area contributed by atoms with Gasteiger partial charge in [0, 0.05) is 6.54 Å². The molecule has 0 aliphatic carbocycles. The van der Waals surface area contributed by atoms with Gasteiger partial charge in [-0.2, -0.15) is 5.10 Å². The van der Waals surface area contributed by atoms with Crippen molar-refractivity contribution in [1.82, 2.24) is 15.1 Å². The van der Waals surface area contributed by atoms with E-state index in [9.17, 15) is 14.3 Å². The molecule has 2 N–H and O–H groups in total. The van der Waals surface area contributed by atoms with Crippen molar-refractivity contribution in [3.8, 4) is 11.4 Å². The average Bonchev–Trinajstić information content (AvgIpc) is 2.98. The fraction of sp³-hybridized carbons (Fsp3) is 0.111. The van der Waals surface area contributed by atoms with Crippen LogP contribution in [0.2, 0.25) is 0 Å². The third-order valence-corrected chi connectivity index (χ3v) is 3.52. The highest BCUT2D eigenvalue weighted by Crippen LogP contribution is 2.17. The van der Waals surface area contributed by atoms with E-state index in [0.29, 0.717) is 13.0 Å². The van der Waals surface area contributed by atoms with Gasteiger partial charge in [-0.15, -0.1) is 0 Å². The van der Waals surface area contributed by atoms with Gasteiger partial charge in [0.05, 0.1) is 11.9 Å². The lowest BCUT2D eigenvalue weighted by molar-refractivity contribution is 0.0946. The lowest BCUT2D eigenvalue weighted by atomic mass is 10.1. The predicted molar refractivity (Wildman–Crippen MR) is 87.7 cm³/mol. The zero-order valence-electron chi connectivity index (χ0n) is 12.8. The molecule has 0 unspecified atom stereocenters. The van der Waals surface area contributed by atoms with E-state index in [1.165, 1.54) is 23.0 Å². The molecule has 0 aliphatic rings. The molecule has 0 aliphatic heterocycles. The average molecular weight is 325 g/mol. The van der Waals surface area contributed by atoms with Crippen molar-refractivity contribution >= 4 is 5.91 Å². The Bertz CT molecular complexity index is 846. The van der Waals surface area contributed by atoms with Gasteiger partial charge in [-0.05, 0) is 36.2 Å². The first-order valence-electron chi connectivity index (χ1n) is 7.50. The number of nitrogens with zero attached hydrogens (tertiary/aromatic N) is 2. The lowest BCUT2D eigenvalue weighted by Crippen LogP contribution is -2.26. The highest BCUT2D eigenvalue weighted by atomic mass is 19.1. The minimum atomic E-state index is -0.474. The lowest BCUT2D eigenvalue weighted by Gasteiger charge is -2.04. The Kier molecular flexibility index (Phi) is 4.56. The molecule has 0 saturated heterocycles. The molecule has 122 valence electrons. The molecule has 0 fully saturated rings. The maximum atomic E-state index is 13.1. The summed E-state index contributed by atoms with van der Waals surface area (Å²) < 4.78 is 14.5. The molecule has 0 spiro atoms. The number of benzene rings is 2. The van der Waals surface area contributed by atoms with Crippen LogP contribution >= 0.6 is 0 Å². The summed E-state index contributed by atoms with van der Waals surface area (Å²) in [7, 11) is 0. The summed E-state index contributed by atoms with van der Waals surface area (Å²) in [5, 5.41) is 16.7. The topological polar surface area (TPSA) is 67.2 Å². The molecule has 0 radical (unpaired) electrons. The monoisotopic (exact) mass is 325 g/mol. The molecule has 0 atom stereocenters. The number of para-hydroxylation sites is 1. The third-order valence-electron chi connectivity index (χ3n) is 3.52. The van der Waals surface area contributed by atoms with E-state index >= 15 is 0 Å². The van der Waals surface area contributed by atoms with E-state index in [0.717, 1.165) is 11.3 Å². The zero-order chi connectivity index (χ0) is 16.9. The first-order valence-corrected chi connectivity index (χ1v) is 7.50. The summed E-state index contributed by atoms with van der Waals surface area (Å²) in [5.41, 5.74) is 1.49. The number of halogens is 1. The van der Waals surface area contributed by atoms with E-state index in [1.807, 2.05) is 30.3 Å². The van der Waals surface area contributed by atoms with Crippen LogP contribution in [0.3, 0.4) is 0 Å². The molecular weight excluding hydrogens is 309 g/mol. The number of nitrogens with one attached hydrogen (secondary N) is 1. The first-order chi connectivity index (χ1) is 11.6. The van der Waals surface area contributed by atoms with Gasteiger partial charge in [0.25, 0.3) is 5.91 Å². The Labute approximate surface area is 138 Å². The van der Waals surface area contributed by atoms with Crippen molar-refractivity contribution in [1.29, 1.82) is 0 Å². The molecule has 0 bridgehead atoms. The Morgan fingerprint density at radius 2 is 1.96 bits per heavy atom. The van der Waals surface area contributed by atoms with Gasteiger partial charge in [-0.1, -0.05) is 30.3 Å². The fourth-order valence-corrected chi connectivity index (χ4v) is 2.34. The van der Waals surface area contributed by atoms with E-state index in [4.69, 9.17) is 0 Å². The minimum absolute atomic E-state index is 0.0434. The maximum absolute atomic E-state index is 13.1. The molecule has 5 nitrogen and oxygen atoms in total. The summed E-state index contributed by atoms with van der Waals surface area (Å²) >= 11 is 0. The second kappa shape index (κ2) is 6.95. The highest BCUT2D eigenvalue weighted by molar-refractivity contribution is 5.94. The Morgan fingerprint density at radius 1 is 1.17 bits per heavy atom. The van der Waals surface area contributed by atoms with E-state index in [-0.39, 0.29) is 17.3 Å². The van der Waals surface area contributed by atoms with Crippen molar-refractivity contribution in [2.24, 2.45) is 0 Å². The van der Waals surface area contributed by atoms with Crippen LogP contribution in [-0.2, 0) is 6.42 Å². The number of rotatable bonds is 5. The molecule has 0 saturated carbocycles. The van der Waals surface area contributed by atoms with Gasteiger partial charge in [-0.3, -0.25) is 4.79 Å². The smallest absolute Gasteiger partial charge is 0.275 e. The molecule has 3 rings (SSSR count). The van der Waals surface area contributed by atoms with Crippen LogP contribution in [0.15, 0.2) is 60.8 Å². The molecule has 6 heteroatoms. The van der Waals surface area contributed by atoms with Gasteiger partial charge in [0.15, 0.2) is 11.4 Å². The van der Waals surface area contributed by atoms with E-state index in [1.54, 1.807) is 12.1 Å². The second-order valence-corrected chi connectivity index (χ2v) is 5.28. The molecule has 24 heavy (non-hydrogen) atoms. The van der Waals surface area contributed by atoms with Crippen LogP contribution in [0.4, 0.5) is 4.39 Å². The summed E-state index contributed by atoms with van der Waals surface area (Å²) in [4.78, 5) is 12.1. The molecule has 2 aromatic carbocycles. The Morgan fingerprint density at radius 3 is 2.71 bits per heavy atom. The van der Waals surface area contributed by atoms with E-state index < -0.39 is 5.91 Å². The van der Waals surface area contributed by atoms with Crippen LogP contribution < -0.4 is 5.32 Å². The standard InChI is InChI=1S/C18H16FN3O2/c19-14-6-4-5-13(11-14)9-10-20-18(24)17-16(23)12-22(21-17)15-7-2-1-3-8-15/h1-8,11-12,23H,9-10H2,(H,20,24). The van der Waals surface area contributed by atoms with Gasteiger partial charge in [-0.25, -0.2) is 9.07 Å². The third kappa shape index (κ3) is 3.60. The van der Waals surface area contributed by atoms with E-state index in [2.05, 4.69) is 10.4 Å². The number of aromatic hydroxyl groups is 1. The van der Waals surface area contributed by atoms with Crippen LogP contribution in [-0.4, -0.2) is 27.3 Å². The molecule has 3 aromatic rings. The first kappa shape index (κ1) is 15.7. The van der Waals surface area contributed by atoms with Crippen molar-refractivity contribution in [3.63, 3.8) is 0 Å². The van der Waals surface area contributed by atoms with Crippen molar-refractivity contribution in [2.45, 2.75) is 6.42 Å². The summed E-state index contributed by atoms with van der Waals surface area (Å²) in [5.74, 6) is -0.973. The largest absolute Gasteiger partial charge is 0.504 e. The van der Waals surface area contributed by atoms with Crippen LogP contribution in [0.1, 0.15) is 16.1 Å². The number of amides is 1. The second-order valence-electron chi connectivity index (χ2n) is 5.28. The van der Waals surface area contributed by atoms with Gasteiger partial charge in [0.2, 0.25) is 0 Å². The van der Waals surface area contributed by atoms with Gasteiger partial charge >= 0.3 is 0 Å².